The van der Waals surface area contributed by atoms with Gasteiger partial charge < -0.3 is 0 Å². The van der Waals surface area contributed by atoms with Crippen molar-refractivity contribution in [3.63, 3.8) is 0 Å². The summed E-state index contributed by atoms with van der Waals surface area (Å²) in [5.74, 6) is 0. The smallest absolute Gasteiger partial charge is 0.167 e. The summed E-state index contributed by atoms with van der Waals surface area (Å²) in [5.41, 5.74) is 2.33. The molecule has 0 N–H and O–H groups in total. The molecule has 202 valence electrons. The van der Waals surface area contributed by atoms with Crippen molar-refractivity contribution in [2.24, 2.45) is 9.49 Å². The highest BCUT2D eigenvalue weighted by Gasteiger charge is 2.37. The Morgan fingerprint density at radius 3 is 0.833 bits per heavy atom. The Hall–Kier alpha value is -1.34. The third kappa shape index (κ3) is 6.20. The van der Waals surface area contributed by atoms with Crippen LogP contribution in [0.4, 0.5) is 0 Å². The molecule has 0 unspecified atom stereocenters. The minimum atomic E-state index is -2.21. The van der Waals surface area contributed by atoms with Crippen molar-refractivity contribution in [3.8, 4) is 0 Å². The van der Waals surface area contributed by atoms with Crippen molar-refractivity contribution in [2.45, 2.75) is 12.1 Å². The molecule has 2 aromatic carbocycles. The molecule has 0 amide bonds. The Morgan fingerprint density at radius 2 is 0.639 bits per heavy atom. The molecule has 2 atom stereocenters. The Morgan fingerprint density at radius 1 is 0.417 bits per heavy atom. The van der Waals surface area contributed by atoms with Gasteiger partial charge in [0.25, 0.3) is 0 Å². The third-order valence-corrected chi connectivity index (χ3v) is 13.9. The summed E-state index contributed by atoms with van der Waals surface area (Å²) in [6.07, 6.45) is 0. The zero-order chi connectivity index (χ0) is 27.3. The fourth-order valence-corrected chi connectivity index (χ4v) is 11.7. The van der Waals surface area contributed by atoms with E-state index in [1.165, 1.54) is 11.1 Å². The lowest BCUT2D eigenvalue weighted by molar-refractivity contribution is 0.446. The first-order chi connectivity index (χ1) is 16.8. The normalized spacial score (nSPS) is 14.8. The van der Waals surface area contributed by atoms with Crippen LogP contribution in [0.5, 0.6) is 0 Å². The molecule has 0 saturated carbocycles. The number of benzene rings is 2. The third-order valence-electron chi connectivity index (χ3n) is 6.36. The van der Waals surface area contributed by atoms with E-state index in [9.17, 15) is 0 Å². The van der Waals surface area contributed by atoms with Crippen molar-refractivity contribution < 1.29 is 0 Å². The highest BCUT2D eigenvalue weighted by molar-refractivity contribution is 7.59. The maximum atomic E-state index is 5.77. The average Bonchev–Trinajstić information content (AvgIpc) is 2.81. The lowest BCUT2D eigenvalue weighted by Crippen LogP contribution is -2.32. The molecular formula is C26H48N8P2. The van der Waals surface area contributed by atoms with Crippen LogP contribution in [-0.2, 0) is 0 Å². The second-order valence-corrected chi connectivity index (χ2v) is 17.5. The van der Waals surface area contributed by atoms with E-state index in [0.29, 0.717) is 0 Å². The summed E-state index contributed by atoms with van der Waals surface area (Å²) in [4.78, 5) is 0. The fourth-order valence-electron chi connectivity index (χ4n) is 5.02. The monoisotopic (exact) mass is 534 g/mol. The van der Waals surface area contributed by atoms with Crippen LogP contribution < -0.4 is 0 Å². The van der Waals surface area contributed by atoms with Gasteiger partial charge in [-0.05, 0) is 95.7 Å². The van der Waals surface area contributed by atoms with Gasteiger partial charge in [0.05, 0.1) is 0 Å². The maximum Gasteiger partial charge on any atom is 0.167 e. The first-order valence-corrected chi connectivity index (χ1v) is 15.4. The molecular weight excluding hydrogens is 486 g/mol. The van der Waals surface area contributed by atoms with Gasteiger partial charge in [0.15, 0.2) is 15.0 Å². The van der Waals surface area contributed by atoms with Crippen molar-refractivity contribution >= 4 is 15.0 Å². The Bertz CT molecular complexity index is 908. The van der Waals surface area contributed by atoms with Gasteiger partial charge >= 0.3 is 0 Å². The van der Waals surface area contributed by atoms with Gasteiger partial charge in [-0.15, -0.1) is 0 Å². The lowest BCUT2D eigenvalue weighted by Gasteiger charge is -2.44. The Labute approximate surface area is 220 Å². The quantitative estimate of drug-likeness (QED) is 0.343. The number of hydrogen-bond donors (Lipinski definition) is 0. The van der Waals surface area contributed by atoms with Gasteiger partial charge in [-0.1, -0.05) is 60.7 Å². The minimum absolute atomic E-state index is 0.187. The lowest BCUT2D eigenvalue weighted by atomic mass is 9.95. The van der Waals surface area contributed by atoms with Crippen molar-refractivity contribution in [1.82, 2.24) is 28.0 Å². The largest absolute Gasteiger partial charge is 0.252 e. The number of hydrogen-bond acceptors (Lipinski definition) is 2. The average molecular weight is 535 g/mol. The van der Waals surface area contributed by atoms with Gasteiger partial charge in [-0.25, -0.2) is 9.49 Å². The summed E-state index contributed by atoms with van der Waals surface area (Å²) in [6.45, 7) is 0. The molecule has 0 spiro atoms. The summed E-state index contributed by atoms with van der Waals surface area (Å²) in [7, 11) is 21.1. The molecule has 0 aliphatic heterocycles. The summed E-state index contributed by atoms with van der Waals surface area (Å²) >= 11 is 0. The summed E-state index contributed by atoms with van der Waals surface area (Å²) in [5, 5.41) is 0. The molecule has 0 aliphatic rings. The highest BCUT2D eigenvalue weighted by Crippen LogP contribution is 2.62. The minimum Gasteiger partial charge on any atom is -0.252 e. The van der Waals surface area contributed by atoms with Crippen LogP contribution in [0.2, 0.25) is 0 Å². The fraction of sp³-hybridized carbons (Fsp3) is 0.538. The molecule has 10 heteroatoms. The van der Waals surface area contributed by atoms with Crippen molar-refractivity contribution in [1.29, 1.82) is 0 Å². The second-order valence-electron chi connectivity index (χ2n) is 10.1. The topological polar surface area (TPSA) is 44.2 Å². The zero-order valence-corrected chi connectivity index (χ0v) is 26.2. The standard InChI is InChI=1S/C26H48N8P2/c1-29(2)35(30(3)4,31(5)6)27-25(23-19-15-13-16-20-23)26(24-21-17-14-18-22-24)28-36(32(7)8,33(9)10)34(11)12/h13-22,25-26H,1-12H3/t25-,26-/m0/s1. The molecule has 2 aromatic rings. The van der Waals surface area contributed by atoms with Gasteiger partial charge in [0, 0.05) is 0 Å². The molecule has 0 saturated heterocycles. The van der Waals surface area contributed by atoms with Crippen molar-refractivity contribution in [2.75, 3.05) is 84.6 Å². The molecule has 0 heterocycles. The maximum absolute atomic E-state index is 5.77. The first kappa shape index (κ1) is 30.9. The molecule has 8 nitrogen and oxygen atoms in total. The van der Waals surface area contributed by atoms with Gasteiger partial charge in [0.2, 0.25) is 0 Å². The van der Waals surface area contributed by atoms with E-state index in [4.69, 9.17) is 9.49 Å². The molecule has 36 heavy (non-hydrogen) atoms. The molecule has 0 aromatic heterocycles. The van der Waals surface area contributed by atoms with Gasteiger partial charge in [-0.3, -0.25) is 28.0 Å². The number of nitrogens with zero attached hydrogens (tertiary/aromatic N) is 8. The molecule has 0 radical (unpaired) electrons. The predicted molar refractivity (Wildman–Crippen MR) is 159 cm³/mol. The Kier molecular flexibility index (Phi) is 11.1. The molecule has 0 fully saturated rings. The van der Waals surface area contributed by atoms with E-state index < -0.39 is 15.0 Å². The van der Waals surface area contributed by atoms with E-state index in [1.807, 2.05) is 0 Å². The van der Waals surface area contributed by atoms with Crippen LogP contribution in [0.3, 0.4) is 0 Å². The van der Waals surface area contributed by atoms with Crippen LogP contribution in [0.15, 0.2) is 70.2 Å². The number of rotatable bonds is 11. The van der Waals surface area contributed by atoms with E-state index in [2.05, 4.69) is 173 Å². The van der Waals surface area contributed by atoms with E-state index in [0.717, 1.165) is 0 Å². The van der Waals surface area contributed by atoms with Crippen molar-refractivity contribution in [3.05, 3.63) is 71.8 Å². The molecule has 0 bridgehead atoms. The zero-order valence-electron chi connectivity index (χ0n) is 24.4. The first-order valence-electron chi connectivity index (χ1n) is 12.2. The predicted octanol–water partition coefficient (Wildman–Crippen LogP) is 5.73. The Balaban J connectivity index is 3.09. The van der Waals surface area contributed by atoms with Crippen LogP contribution in [-0.4, -0.2) is 113 Å². The van der Waals surface area contributed by atoms with E-state index in [1.54, 1.807) is 0 Å². The van der Waals surface area contributed by atoms with Gasteiger partial charge in [0.1, 0.15) is 12.1 Å². The highest BCUT2D eigenvalue weighted by atomic mass is 31.2. The summed E-state index contributed by atoms with van der Waals surface area (Å²) < 4.78 is 25.2. The van der Waals surface area contributed by atoms with E-state index in [-0.39, 0.29) is 12.1 Å². The molecule has 0 aliphatic carbocycles. The summed E-state index contributed by atoms with van der Waals surface area (Å²) in [6, 6.07) is 20.9. The van der Waals surface area contributed by atoms with Crippen LogP contribution in [0.1, 0.15) is 23.2 Å². The van der Waals surface area contributed by atoms with Crippen LogP contribution >= 0.6 is 15.0 Å². The van der Waals surface area contributed by atoms with Crippen LogP contribution in [0.25, 0.3) is 0 Å². The van der Waals surface area contributed by atoms with E-state index >= 15 is 0 Å². The van der Waals surface area contributed by atoms with Gasteiger partial charge in [-0.2, -0.15) is 0 Å². The molecule has 2 rings (SSSR count). The second kappa shape index (κ2) is 12.9. The van der Waals surface area contributed by atoms with Crippen LogP contribution in [0, 0.1) is 0 Å². The SMILES string of the molecule is CN(C)P(=N[C@@H](c1ccccc1)[C@@H](N=P(N(C)C)(N(C)C)N(C)C)c1ccccc1)(N(C)C)N(C)C.